The number of carbonyl (C=O) groups excluding carboxylic acids is 1. The van der Waals surface area contributed by atoms with Crippen LogP contribution in [0.5, 0.6) is 0 Å². The number of esters is 1. The van der Waals surface area contributed by atoms with Crippen molar-refractivity contribution in [3.63, 3.8) is 0 Å². The number of hydrogen-bond acceptors (Lipinski definition) is 5. The van der Waals surface area contributed by atoms with E-state index in [-0.39, 0.29) is 12.0 Å². The summed E-state index contributed by atoms with van der Waals surface area (Å²) in [7, 11) is 1.43. The number of hydrogen-bond donors (Lipinski definition) is 1. The molecule has 100 valence electrons. The average molecular weight is 252 g/mol. The van der Waals surface area contributed by atoms with Gasteiger partial charge in [0.2, 0.25) is 0 Å². The molecule has 0 bridgehead atoms. The van der Waals surface area contributed by atoms with Crippen LogP contribution in [0.25, 0.3) is 0 Å². The second-order valence-corrected chi connectivity index (χ2v) is 4.73. The molecular formula is C12H20N4O2. The van der Waals surface area contributed by atoms with E-state index < -0.39 is 0 Å². The molecule has 1 fully saturated rings. The lowest BCUT2D eigenvalue weighted by Gasteiger charge is -2.16. The van der Waals surface area contributed by atoms with Crippen molar-refractivity contribution >= 4 is 5.97 Å². The summed E-state index contributed by atoms with van der Waals surface area (Å²) in [5.41, 5.74) is 0. The minimum atomic E-state index is -0.244. The van der Waals surface area contributed by atoms with E-state index in [0.717, 1.165) is 24.5 Å². The first-order valence-electron chi connectivity index (χ1n) is 6.32. The molecule has 1 N–H and O–H groups in total. The highest BCUT2D eigenvalue weighted by atomic mass is 16.5. The van der Waals surface area contributed by atoms with Crippen molar-refractivity contribution in [1.82, 2.24) is 20.1 Å². The van der Waals surface area contributed by atoms with E-state index in [4.69, 9.17) is 4.74 Å². The van der Waals surface area contributed by atoms with Crippen molar-refractivity contribution in [3.8, 4) is 0 Å². The van der Waals surface area contributed by atoms with Crippen molar-refractivity contribution in [2.75, 3.05) is 7.11 Å². The molecule has 0 aliphatic heterocycles. The van der Waals surface area contributed by atoms with E-state index in [1.165, 1.54) is 7.11 Å². The van der Waals surface area contributed by atoms with Gasteiger partial charge in [0.25, 0.3) is 0 Å². The summed E-state index contributed by atoms with van der Waals surface area (Å²) in [5, 5.41) is 7.59. The van der Waals surface area contributed by atoms with E-state index in [9.17, 15) is 4.79 Å². The Morgan fingerprint density at radius 3 is 2.78 bits per heavy atom. The van der Waals surface area contributed by atoms with Gasteiger partial charge in [-0.2, -0.15) is 5.10 Å². The van der Waals surface area contributed by atoms with Gasteiger partial charge >= 0.3 is 5.97 Å². The van der Waals surface area contributed by atoms with E-state index >= 15 is 0 Å². The topological polar surface area (TPSA) is 69.0 Å². The highest BCUT2D eigenvalue weighted by Gasteiger charge is 2.28. The molecule has 0 saturated heterocycles. The Morgan fingerprint density at radius 2 is 2.28 bits per heavy atom. The Bertz CT molecular complexity index is 426. The largest absolute Gasteiger partial charge is 0.468 e. The van der Waals surface area contributed by atoms with Crippen LogP contribution >= 0.6 is 0 Å². The fourth-order valence-electron chi connectivity index (χ4n) is 1.97. The number of ether oxygens (including phenoxy) is 1. The molecule has 1 aromatic rings. The second kappa shape index (κ2) is 5.48. The van der Waals surface area contributed by atoms with Crippen molar-refractivity contribution in [1.29, 1.82) is 0 Å². The Balaban J connectivity index is 1.91. The number of aromatic nitrogens is 3. The zero-order valence-electron chi connectivity index (χ0n) is 11.1. The van der Waals surface area contributed by atoms with Crippen LogP contribution in [0.15, 0.2) is 0 Å². The molecule has 1 atom stereocenters. The van der Waals surface area contributed by atoms with Gasteiger partial charge in [-0.15, -0.1) is 0 Å². The lowest BCUT2D eigenvalue weighted by Crippen LogP contribution is -2.39. The van der Waals surface area contributed by atoms with Gasteiger partial charge in [0.15, 0.2) is 0 Å². The molecule has 0 amide bonds. The lowest BCUT2D eigenvalue weighted by atomic mass is 10.2. The molecule has 0 radical (unpaired) electrons. The van der Waals surface area contributed by atoms with Gasteiger partial charge in [-0.05, 0) is 33.1 Å². The van der Waals surface area contributed by atoms with Crippen LogP contribution in [0, 0.1) is 13.8 Å². The fourth-order valence-corrected chi connectivity index (χ4v) is 1.97. The number of carbonyl (C=O) groups is 1. The molecule has 1 unspecified atom stereocenters. The first kappa shape index (κ1) is 13.0. The first-order chi connectivity index (χ1) is 8.60. The second-order valence-electron chi connectivity index (χ2n) is 4.73. The monoisotopic (exact) mass is 252 g/mol. The number of rotatable bonds is 6. The third kappa shape index (κ3) is 3.29. The third-order valence-corrected chi connectivity index (χ3v) is 3.09. The van der Waals surface area contributed by atoms with Crippen LogP contribution in [0.3, 0.4) is 0 Å². The minimum absolute atomic E-state index is 0.198. The molecule has 1 aromatic heterocycles. The maximum atomic E-state index is 11.7. The summed E-state index contributed by atoms with van der Waals surface area (Å²) in [6.45, 7) is 4.46. The smallest absolute Gasteiger partial charge is 0.322 e. The summed E-state index contributed by atoms with van der Waals surface area (Å²) < 4.78 is 6.65. The molecule has 0 spiro atoms. The highest BCUT2D eigenvalue weighted by Crippen LogP contribution is 2.20. The van der Waals surface area contributed by atoms with Gasteiger partial charge in [0.1, 0.15) is 17.7 Å². The van der Waals surface area contributed by atoms with Crippen LogP contribution in [-0.4, -0.2) is 39.9 Å². The molecule has 0 aromatic carbocycles. The van der Waals surface area contributed by atoms with Gasteiger partial charge in [0.05, 0.1) is 7.11 Å². The zero-order valence-corrected chi connectivity index (χ0v) is 11.1. The predicted octanol–water partition coefficient (Wildman–Crippen LogP) is 0.579. The summed E-state index contributed by atoms with van der Waals surface area (Å²) in [5.74, 6) is 1.44. The highest BCUT2D eigenvalue weighted by molar-refractivity contribution is 5.75. The Kier molecular flexibility index (Phi) is 3.96. The number of nitrogens with one attached hydrogen (secondary N) is 1. The van der Waals surface area contributed by atoms with Crippen LogP contribution in [-0.2, 0) is 16.1 Å². The van der Waals surface area contributed by atoms with E-state index in [1.54, 1.807) is 0 Å². The number of methoxy groups -OCH3 is 1. The summed E-state index contributed by atoms with van der Waals surface area (Å²) in [6, 6.07) is 0.235. The molecule has 2 rings (SSSR count). The molecule has 6 heteroatoms. The fraction of sp³-hybridized carbons (Fsp3) is 0.750. The van der Waals surface area contributed by atoms with E-state index in [1.807, 2.05) is 18.5 Å². The van der Waals surface area contributed by atoms with Crippen LogP contribution in [0.4, 0.5) is 0 Å². The summed E-state index contributed by atoms with van der Waals surface area (Å²) in [4.78, 5) is 15.9. The Labute approximate surface area is 107 Å². The summed E-state index contributed by atoms with van der Waals surface area (Å²) in [6.07, 6.45) is 2.97. The molecule has 1 heterocycles. The molecule has 1 aliphatic carbocycles. The van der Waals surface area contributed by atoms with Crippen molar-refractivity contribution in [2.24, 2.45) is 0 Å². The Morgan fingerprint density at radius 1 is 1.56 bits per heavy atom. The standard InChI is InChI=1S/C12H20N4O2/c1-8-13-9(2)16(15-8)7-6-11(12(17)18-3)14-10-4-5-10/h10-11,14H,4-7H2,1-3H3. The predicted molar refractivity (Wildman–Crippen MR) is 66.1 cm³/mol. The molecule has 6 nitrogen and oxygen atoms in total. The molecule has 18 heavy (non-hydrogen) atoms. The molecule has 1 saturated carbocycles. The van der Waals surface area contributed by atoms with Gasteiger partial charge in [-0.1, -0.05) is 0 Å². The average Bonchev–Trinajstić information content (AvgIpc) is 3.09. The van der Waals surface area contributed by atoms with Crippen molar-refractivity contribution in [3.05, 3.63) is 11.6 Å². The third-order valence-electron chi connectivity index (χ3n) is 3.09. The van der Waals surface area contributed by atoms with Crippen molar-refractivity contribution < 1.29 is 9.53 Å². The SMILES string of the molecule is COC(=O)C(CCn1nc(C)nc1C)NC1CC1. The maximum absolute atomic E-state index is 11.7. The van der Waals surface area contributed by atoms with E-state index in [2.05, 4.69) is 15.4 Å². The normalized spacial score (nSPS) is 16.6. The maximum Gasteiger partial charge on any atom is 0.322 e. The van der Waals surface area contributed by atoms with E-state index in [0.29, 0.717) is 19.0 Å². The van der Waals surface area contributed by atoms with Gasteiger partial charge in [0, 0.05) is 12.6 Å². The van der Waals surface area contributed by atoms with Crippen molar-refractivity contribution in [2.45, 2.75) is 51.7 Å². The molecule has 1 aliphatic rings. The molecular weight excluding hydrogens is 232 g/mol. The van der Waals surface area contributed by atoms with Gasteiger partial charge in [-0.25, -0.2) is 4.98 Å². The lowest BCUT2D eigenvalue weighted by molar-refractivity contribution is -0.143. The zero-order chi connectivity index (χ0) is 13.1. The van der Waals surface area contributed by atoms with Crippen LogP contribution in [0.1, 0.15) is 30.9 Å². The summed E-state index contributed by atoms with van der Waals surface area (Å²) >= 11 is 0. The van der Waals surface area contributed by atoms with Crippen LogP contribution < -0.4 is 5.32 Å². The number of aryl methyl sites for hydroxylation is 3. The van der Waals surface area contributed by atoms with Gasteiger partial charge in [-0.3, -0.25) is 9.48 Å². The minimum Gasteiger partial charge on any atom is -0.468 e. The quantitative estimate of drug-likeness (QED) is 0.750. The van der Waals surface area contributed by atoms with Crippen LogP contribution in [0.2, 0.25) is 0 Å². The first-order valence-corrected chi connectivity index (χ1v) is 6.32. The number of nitrogens with zero attached hydrogens (tertiary/aromatic N) is 3. The Hall–Kier alpha value is -1.43. The van der Waals surface area contributed by atoms with Gasteiger partial charge < -0.3 is 10.1 Å².